The highest BCUT2D eigenvalue weighted by molar-refractivity contribution is 5.93. The minimum absolute atomic E-state index is 0.245. The average Bonchev–Trinajstić information content (AvgIpc) is 2.50. The largest absolute Gasteiger partial charge is 0.330 e. The first-order valence-electron chi connectivity index (χ1n) is 6.54. The SMILES string of the molecule is NCCc1ccc(CONC(=O)c2ccccc2)cc1. The van der Waals surface area contributed by atoms with Gasteiger partial charge in [-0.05, 0) is 36.2 Å². The van der Waals surface area contributed by atoms with E-state index < -0.39 is 0 Å². The zero-order chi connectivity index (χ0) is 14.2. The van der Waals surface area contributed by atoms with Crippen LogP contribution in [0.3, 0.4) is 0 Å². The summed E-state index contributed by atoms with van der Waals surface area (Å²) in [6.07, 6.45) is 0.867. The maximum Gasteiger partial charge on any atom is 0.274 e. The van der Waals surface area contributed by atoms with Gasteiger partial charge in [0.25, 0.3) is 5.91 Å². The van der Waals surface area contributed by atoms with Gasteiger partial charge in [-0.3, -0.25) is 9.63 Å². The van der Waals surface area contributed by atoms with Gasteiger partial charge in [0.15, 0.2) is 0 Å². The number of hydrogen-bond donors (Lipinski definition) is 2. The highest BCUT2D eigenvalue weighted by Gasteiger charge is 2.03. The van der Waals surface area contributed by atoms with Crippen molar-refractivity contribution >= 4 is 5.91 Å². The Bertz CT molecular complexity index is 538. The van der Waals surface area contributed by atoms with E-state index >= 15 is 0 Å². The molecule has 2 aromatic rings. The third-order valence-corrected chi connectivity index (χ3v) is 2.90. The number of nitrogens with two attached hydrogens (primary N) is 1. The first-order chi connectivity index (χ1) is 9.79. The predicted molar refractivity (Wildman–Crippen MR) is 77.9 cm³/mol. The van der Waals surface area contributed by atoms with Crippen LogP contribution in [0, 0.1) is 0 Å². The van der Waals surface area contributed by atoms with E-state index in [-0.39, 0.29) is 5.91 Å². The summed E-state index contributed by atoms with van der Waals surface area (Å²) in [4.78, 5) is 16.9. The lowest BCUT2D eigenvalue weighted by molar-refractivity contribution is 0.0233. The van der Waals surface area contributed by atoms with Crippen LogP contribution in [0.15, 0.2) is 54.6 Å². The molecule has 4 heteroatoms. The zero-order valence-electron chi connectivity index (χ0n) is 11.2. The molecule has 0 spiro atoms. The van der Waals surface area contributed by atoms with Crippen LogP contribution in [0.2, 0.25) is 0 Å². The van der Waals surface area contributed by atoms with Gasteiger partial charge >= 0.3 is 0 Å². The summed E-state index contributed by atoms with van der Waals surface area (Å²) in [6.45, 7) is 0.977. The number of benzene rings is 2. The molecule has 0 unspecified atom stereocenters. The van der Waals surface area contributed by atoms with Crippen molar-refractivity contribution in [2.24, 2.45) is 5.73 Å². The Morgan fingerprint density at radius 2 is 1.65 bits per heavy atom. The van der Waals surface area contributed by atoms with Crippen LogP contribution in [0.25, 0.3) is 0 Å². The Morgan fingerprint density at radius 1 is 1.00 bits per heavy atom. The summed E-state index contributed by atoms with van der Waals surface area (Å²) in [5.41, 5.74) is 10.7. The van der Waals surface area contributed by atoms with E-state index in [4.69, 9.17) is 10.6 Å². The summed E-state index contributed by atoms with van der Waals surface area (Å²) >= 11 is 0. The van der Waals surface area contributed by atoms with Gasteiger partial charge in [0.05, 0.1) is 6.61 Å². The molecule has 0 aliphatic carbocycles. The van der Waals surface area contributed by atoms with Crippen LogP contribution in [0.5, 0.6) is 0 Å². The fraction of sp³-hybridized carbons (Fsp3) is 0.188. The number of amides is 1. The summed E-state index contributed by atoms with van der Waals surface area (Å²) in [6, 6.07) is 16.9. The highest BCUT2D eigenvalue weighted by atomic mass is 16.6. The molecular formula is C16H18N2O2. The van der Waals surface area contributed by atoms with Crippen LogP contribution in [0.4, 0.5) is 0 Å². The van der Waals surface area contributed by atoms with Crippen molar-refractivity contribution < 1.29 is 9.63 Å². The van der Waals surface area contributed by atoms with Crippen molar-refractivity contribution in [3.63, 3.8) is 0 Å². The van der Waals surface area contributed by atoms with Crippen molar-refractivity contribution in [1.82, 2.24) is 5.48 Å². The van der Waals surface area contributed by atoms with Crippen LogP contribution in [-0.2, 0) is 17.9 Å². The molecule has 0 fully saturated rings. The van der Waals surface area contributed by atoms with Crippen LogP contribution in [-0.4, -0.2) is 12.5 Å². The first-order valence-corrected chi connectivity index (χ1v) is 6.54. The second kappa shape index (κ2) is 7.43. The van der Waals surface area contributed by atoms with E-state index in [0.717, 1.165) is 12.0 Å². The molecule has 1 amide bonds. The molecule has 0 aliphatic heterocycles. The van der Waals surface area contributed by atoms with Crippen molar-refractivity contribution in [2.45, 2.75) is 13.0 Å². The number of hydrogen-bond acceptors (Lipinski definition) is 3. The standard InChI is InChI=1S/C16H18N2O2/c17-11-10-13-6-8-14(9-7-13)12-20-18-16(19)15-4-2-1-3-5-15/h1-9H,10-12,17H2,(H,18,19). The number of nitrogens with one attached hydrogen (secondary N) is 1. The Hall–Kier alpha value is -2.17. The number of rotatable bonds is 6. The Labute approximate surface area is 118 Å². The number of carbonyl (C=O) groups is 1. The van der Waals surface area contributed by atoms with Gasteiger partial charge in [-0.2, -0.15) is 0 Å². The lowest BCUT2D eigenvalue weighted by Gasteiger charge is -2.06. The van der Waals surface area contributed by atoms with Gasteiger partial charge in [0.1, 0.15) is 0 Å². The maximum absolute atomic E-state index is 11.7. The third-order valence-electron chi connectivity index (χ3n) is 2.90. The third kappa shape index (κ3) is 4.19. The molecular weight excluding hydrogens is 252 g/mol. The fourth-order valence-electron chi connectivity index (χ4n) is 1.80. The molecule has 4 nitrogen and oxygen atoms in total. The normalized spacial score (nSPS) is 10.2. The predicted octanol–water partition coefficient (Wildman–Crippen LogP) is 2.05. The van der Waals surface area contributed by atoms with Crippen LogP contribution in [0.1, 0.15) is 21.5 Å². The van der Waals surface area contributed by atoms with E-state index in [2.05, 4.69) is 5.48 Å². The quantitative estimate of drug-likeness (QED) is 0.790. The number of hydroxylamine groups is 1. The van der Waals surface area contributed by atoms with Crippen molar-refractivity contribution in [3.05, 3.63) is 71.3 Å². The second-order valence-corrected chi connectivity index (χ2v) is 4.44. The van der Waals surface area contributed by atoms with Crippen LogP contribution >= 0.6 is 0 Å². The lowest BCUT2D eigenvalue weighted by Crippen LogP contribution is -2.23. The molecule has 2 aromatic carbocycles. The van der Waals surface area contributed by atoms with Crippen molar-refractivity contribution in [2.75, 3.05) is 6.54 Å². The second-order valence-electron chi connectivity index (χ2n) is 4.44. The van der Waals surface area contributed by atoms with Gasteiger partial charge in [0.2, 0.25) is 0 Å². The van der Waals surface area contributed by atoms with Gasteiger partial charge in [-0.15, -0.1) is 0 Å². The molecule has 20 heavy (non-hydrogen) atoms. The van der Waals surface area contributed by atoms with Gasteiger partial charge < -0.3 is 5.73 Å². The van der Waals surface area contributed by atoms with E-state index in [1.54, 1.807) is 12.1 Å². The smallest absolute Gasteiger partial charge is 0.274 e. The average molecular weight is 270 g/mol. The molecule has 0 aromatic heterocycles. The highest BCUT2D eigenvalue weighted by Crippen LogP contribution is 2.06. The summed E-state index contributed by atoms with van der Waals surface area (Å²) in [5, 5.41) is 0. The molecule has 2 rings (SSSR count). The number of carbonyl (C=O) groups excluding carboxylic acids is 1. The molecule has 0 saturated carbocycles. The maximum atomic E-state index is 11.7. The van der Waals surface area contributed by atoms with Crippen LogP contribution < -0.4 is 11.2 Å². The Kier molecular flexibility index (Phi) is 5.29. The first kappa shape index (κ1) is 14.2. The summed E-state index contributed by atoms with van der Waals surface area (Å²) in [5.74, 6) is -0.245. The van der Waals surface area contributed by atoms with E-state index in [9.17, 15) is 4.79 Å². The Morgan fingerprint density at radius 3 is 2.30 bits per heavy atom. The molecule has 0 aliphatic rings. The molecule has 0 heterocycles. The summed E-state index contributed by atoms with van der Waals surface area (Å²) in [7, 11) is 0. The van der Waals surface area contributed by atoms with Gasteiger partial charge in [-0.25, -0.2) is 5.48 Å². The minimum atomic E-state index is -0.245. The molecule has 3 N–H and O–H groups in total. The molecule has 0 bridgehead atoms. The lowest BCUT2D eigenvalue weighted by atomic mass is 10.1. The van der Waals surface area contributed by atoms with Gasteiger partial charge in [-0.1, -0.05) is 42.5 Å². The van der Waals surface area contributed by atoms with Gasteiger partial charge in [0, 0.05) is 5.56 Å². The summed E-state index contributed by atoms with van der Waals surface area (Å²) < 4.78 is 0. The van der Waals surface area contributed by atoms with Crippen molar-refractivity contribution in [3.8, 4) is 0 Å². The Balaban J connectivity index is 1.79. The van der Waals surface area contributed by atoms with Crippen molar-refractivity contribution in [1.29, 1.82) is 0 Å². The monoisotopic (exact) mass is 270 g/mol. The zero-order valence-corrected chi connectivity index (χ0v) is 11.2. The fourth-order valence-corrected chi connectivity index (χ4v) is 1.80. The molecule has 0 radical (unpaired) electrons. The van der Waals surface area contributed by atoms with E-state index in [1.807, 2.05) is 42.5 Å². The van der Waals surface area contributed by atoms with E-state index in [1.165, 1.54) is 5.56 Å². The molecule has 0 saturated heterocycles. The minimum Gasteiger partial charge on any atom is -0.330 e. The molecule has 104 valence electrons. The van der Waals surface area contributed by atoms with E-state index in [0.29, 0.717) is 18.7 Å². The molecule has 0 atom stereocenters. The topological polar surface area (TPSA) is 64.3 Å².